The van der Waals surface area contributed by atoms with Crippen molar-refractivity contribution in [3.8, 4) is 0 Å². The van der Waals surface area contributed by atoms with Gasteiger partial charge in [-0.2, -0.15) is 0 Å². The summed E-state index contributed by atoms with van der Waals surface area (Å²) < 4.78 is 0. The summed E-state index contributed by atoms with van der Waals surface area (Å²) in [5.41, 5.74) is 2.07. The zero-order chi connectivity index (χ0) is 18.7. The average Bonchev–Trinajstić information content (AvgIpc) is 3.46. The Hall–Kier alpha value is -3.15. The van der Waals surface area contributed by atoms with Crippen molar-refractivity contribution in [1.82, 2.24) is 4.90 Å². The summed E-state index contributed by atoms with van der Waals surface area (Å²) in [5.74, 6) is -0.338. The van der Waals surface area contributed by atoms with E-state index in [0.29, 0.717) is 22.5 Å². The molecule has 0 aromatic heterocycles. The lowest BCUT2D eigenvalue weighted by Crippen LogP contribution is -2.22. The van der Waals surface area contributed by atoms with Gasteiger partial charge in [0.2, 0.25) is 5.91 Å². The van der Waals surface area contributed by atoms with Gasteiger partial charge in [0, 0.05) is 42.5 Å². The Kier molecular flexibility index (Phi) is 5.02. The second-order valence-corrected chi connectivity index (χ2v) is 6.58. The van der Waals surface area contributed by atoms with Crippen LogP contribution in [0.25, 0.3) is 0 Å². The van der Waals surface area contributed by atoms with E-state index in [0.717, 1.165) is 12.8 Å². The van der Waals surface area contributed by atoms with Crippen LogP contribution in [0.4, 0.5) is 11.4 Å². The van der Waals surface area contributed by atoms with Crippen molar-refractivity contribution in [3.05, 3.63) is 59.7 Å². The van der Waals surface area contributed by atoms with E-state index in [1.807, 2.05) is 0 Å². The van der Waals surface area contributed by atoms with Gasteiger partial charge in [-0.25, -0.2) is 0 Å². The first-order valence-electron chi connectivity index (χ1n) is 8.48. The Labute approximate surface area is 152 Å². The monoisotopic (exact) mass is 351 g/mol. The molecule has 26 heavy (non-hydrogen) atoms. The van der Waals surface area contributed by atoms with Crippen molar-refractivity contribution in [1.29, 1.82) is 0 Å². The first-order chi connectivity index (χ1) is 12.4. The molecule has 0 unspecified atom stereocenters. The summed E-state index contributed by atoms with van der Waals surface area (Å²) in [4.78, 5) is 37.9. The van der Waals surface area contributed by atoms with Crippen LogP contribution in [0, 0.1) is 5.92 Å². The number of hydrogen-bond donors (Lipinski definition) is 2. The molecule has 3 amide bonds. The van der Waals surface area contributed by atoms with Crippen LogP contribution in [0.3, 0.4) is 0 Å². The number of amides is 3. The van der Waals surface area contributed by atoms with Crippen molar-refractivity contribution in [2.24, 2.45) is 5.92 Å². The number of carbonyl (C=O) groups excluding carboxylic acids is 3. The lowest BCUT2D eigenvalue weighted by Gasteiger charge is -2.12. The van der Waals surface area contributed by atoms with Crippen LogP contribution in [0.5, 0.6) is 0 Å². The van der Waals surface area contributed by atoms with Crippen molar-refractivity contribution in [2.45, 2.75) is 12.8 Å². The van der Waals surface area contributed by atoms with Gasteiger partial charge in [-0.05, 0) is 49.2 Å². The highest BCUT2D eigenvalue weighted by Gasteiger charge is 2.29. The Morgan fingerprint density at radius 1 is 0.885 bits per heavy atom. The molecule has 2 aromatic rings. The second kappa shape index (κ2) is 7.39. The third kappa shape index (κ3) is 4.27. The Morgan fingerprint density at radius 3 is 2.08 bits per heavy atom. The minimum absolute atomic E-state index is 0.00235. The van der Waals surface area contributed by atoms with Crippen molar-refractivity contribution in [3.63, 3.8) is 0 Å². The van der Waals surface area contributed by atoms with Crippen molar-refractivity contribution < 1.29 is 14.4 Å². The van der Waals surface area contributed by atoms with Crippen LogP contribution in [0.15, 0.2) is 48.5 Å². The van der Waals surface area contributed by atoms with Crippen LogP contribution in [-0.2, 0) is 4.79 Å². The van der Waals surface area contributed by atoms with Crippen LogP contribution in [0.2, 0.25) is 0 Å². The van der Waals surface area contributed by atoms with Gasteiger partial charge in [0.05, 0.1) is 0 Å². The Balaban J connectivity index is 1.71. The van der Waals surface area contributed by atoms with Gasteiger partial charge in [0.15, 0.2) is 0 Å². The maximum Gasteiger partial charge on any atom is 0.255 e. The van der Waals surface area contributed by atoms with Gasteiger partial charge in [-0.1, -0.05) is 12.1 Å². The number of hydrogen-bond acceptors (Lipinski definition) is 3. The quantitative estimate of drug-likeness (QED) is 0.869. The van der Waals surface area contributed by atoms with Crippen LogP contribution in [-0.4, -0.2) is 36.7 Å². The molecule has 0 saturated heterocycles. The van der Waals surface area contributed by atoms with Crippen LogP contribution in [0.1, 0.15) is 33.6 Å². The predicted octanol–water partition coefficient (Wildman–Crippen LogP) is 2.99. The molecule has 0 heterocycles. The molecule has 2 N–H and O–H groups in total. The predicted molar refractivity (Wildman–Crippen MR) is 100 cm³/mol. The highest BCUT2D eigenvalue weighted by atomic mass is 16.2. The van der Waals surface area contributed by atoms with E-state index in [2.05, 4.69) is 10.6 Å². The van der Waals surface area contributed by atoms with E-state index < -0.39 is 0 Å². The summed E-state index contributed by atoms with van der Waals surface area (Å²) in [6, 6.07) is 13.6. The van der Waals surface area contributed by atoms with Gasteiger partial charge >= 0.3 is 0 Å². The number of carbonyl (C=O) groups is 3. The van der Waals surface area contributed by atoms with E-state index >= 15 is 0 Å². The van der Waals surface area contributed by atoms with Crippen molar-refractivity contribution in [2.75, 3.05) is 24.7 Å². The number of benzene rings is 2. The molecular formula is C20H21N3O3. The molecule has 1 saturated carbocycles. The Bertz CT molecular complexity index is 857. The fourth-order valence-corrected chi connectivity index (χ4v) is 2.52. The lowest BCUT2D eigenvalue weighted by atomic mass is 10.1. The normalized spacial score (nSPS) is 13.0. The van der Waals surface area contributed by atoms with Gasteiger partial charge < -0.3 is 15.5 Å². The molecule has 3 rings (SSSR count). The van der Waals surface area contributed by atoms with Gasteiger partial charge in [0.1, 0.15) is 0 Å². The number of rotatable bonds is 5. The minimum atomic E-state index is -0.304. The van der Waals surface area contributed by atoms with E-state index in [-0.39, 0.29) is 23.6 Å². The molecule has 6 heteroatoms. The topological polar surface area (TPSA) is 78.5 Å². The molecule has 1 aliphatic carbocycles. The molecule has 0 bridgehead atoms. The number of nitrogens with zero attached hydrogens (tertiary/aromatic N) is 1. The highest BCUT2D eigenvalue weighted by Crippen LogP contribution is 2.30. The summed E-state index contributed by atoms with van der Waals surface area (Å²) in [6.45, 7) is 0. The summed E-state index contributed by atoms with van der Waals surface area (Å²) in [7, 11) is 3.35. The molecule has 0 spiro atoms. The largest absolute Gasteiger partial charge is 0.345 e. The minimum Gasteiger partial charge on any atom is -0.345 e. The SMILES string of the molecule is CN(C)C(=O)c1cccc(NC(=O)c2cccc(NC(=O)C3CC3)c2)c1. The maximum absolute atomic E-state index is 12.5. The number of anilines is 2. The summed E-state index contributed by atoms with van der Waals surface area (Å²) in [6.07, 6.45) is 1.85. The van der Waals surface area contributed by atoms with Crippen molar-refractivity contribution >= 4 is 29.1 Å². The van der Waals surface area contributed by atoms with E-state index in [4.69, 9.17) is 0 Å². The lowest BCUT2D eigenvalue weighted by molar-refractivity contribution is -0.117. The molecule has 0 radical (unpaired) electrons. The third-order valence-corrected chi connectivity index (χ3v) is 4.11. The average molecular weight is 351 g/mol. The molecule has 134 valence electrons. The zero-order valence-corrected chi connectivity index (χ0v) is 14.8. The second-order valence-electron chi connectivity index (χ2n) is 6.58. The molecule has 1 fully saturated rings. The number of nitrogens with one attached hydrogen (secondary N) is 2. The molecular weight excluding hydrogens is 330 g/mol. The highest BCUT2D eigenvalue weighted by molar-refractivity contribution is 6.06. The standard InChI is InChI=1S/C20H21N3O3/c1-23(2)20(26)15-6-4-8-17(12-15)22-19(25)14-5-3-7-16(11-14)21-18(24)13-9-10-13/h3-8,11-13H,9-10H2,1-2H3,(H,21,24)(H,22,25). The van der Waals surface area contributed by atoms with E-state index in [1.54, 1.807) is 62.6 Å². The van der Waals surface area contributed by atoms with Gasteiger partial charge in [-0.15, -0.1) is 0 Å². The molecule has 2 aromatic carbocycles. The van der Waals surface area contributed by atoms with Crippen LogP contribution < -0.4 is 10.6 Å². The van der Waals surface area contributed by atoms with Gasteiger partial charge in [0.25, 0.3) is 11.8 Å². The van der Waals surface area contributed by atoms with E-state index in [1.165, 1.54) is 4.90 Å². The van der Waals surface area contributed by atoms with Gasteiger partial charge in [-0.3, -0.25) is 14.4 Å². The molecule has 0 aliphatic heterocycles. The molecule has 1 aliphatic rings. The third-order valence-electron chi connectivity index (χ3n) is 4.11. The molecule has 6 nitrogen and oxygen atoms in total. The zero-order valence-electron chi connectivity index (χ0n) is 14.8. The first kappa shape index (κ1) is 17.7. The fourth-order valence-electron chi connectivity index (χ4n) is 2.52. The maximum atomic E-state index is 12.5. The summed E-state index contributed by atoms with van der Waals surface area (Å²) in [5, 5.41) is 5.62. The fraction of sp³-hybridized carbons (Fsp3) is 0.250. The summed E-state index contributed by atoms with van der Waals surface area (Å²) >= 11 is 0. The smallest absolute Gasteiger partial charge is 0.255 e. The molecule has 0 atom stereocenters. The Morgan fingerprint density at radius 2 is 1.46 bits per heavy atom. The van der Waals surface area contributed by atoms with E-state index in [9.17, 15) is 14.4 Å². The first-order valence-corrected chi connectivity index (χ1v) is 8.48. The van der Waals surface area contributed by atoms with Crippen LogP contribution >= 0.6 is 0 Å².